The van der Waals surface area contributed by atoms with E-state index in [0.29, 0.717) is 57.3 Å². The lowest BCUT2D eigenvalue weighted by Gasteiger charge is -2.37. The van der Waals surface area contributed by atoms with Crippen LogP contribution < -0.4 is 10.6 Å². The summed E-state index contributed by atoms with van der Waals surface area (Å²) in [5.74, 6) is -0.164. The summed E-state index contributed by atoms with van der Waals surface area (Å²) >= 11 is 1.33. The molecule has 0 bridgehead atoms. The van der Waals surface area contributed by atoms with Gasteiger partial charge in [-0.3, -0.25) is 14.6 Å². The molecule has 0 aliphatic carbocycles. The fourth-order valence-electron chi connectivity index (χ4n) is 5.03. The molecule has 0 saturated carbocycles. The lowest BCUT2D eigenvalue weighted by Crippen LogP contribution is -2.48. The number of nitroso groups, excluding NO2 is 1. The first kappa shape index (κ1) is 29.5. The molecule has 214 valence electrons. The van der Waals surface area contributed by atoms with E-state index in [4.69, 9.17) is 4.74 Å². The van der Waals surface area contributed by atoms with Crippen LogP contribution in [0.15, 0.2) is 35.6 Å². The van der Waals surface area contributed by atoms with Crippen LogP contribution in [0.4, 0.5) is 13.2 Å². The van der Waals surface area contributed by atoms with Crippen LogP contribution in [-0.2, 0) is 24.0 Å². The summed E-state index contributed by atoms with van der Waals surface area (Å²) in [4.78, 5) is 33.9. The molecule has 1 amide bonds. The van der Waals surface area contributed by atoms with Gasteiger partial charge in [0.2, 0.25) is 0 Å². The van der Waals surface area contributed by atoms with E-state index in [1.54, 1.807) is 13.3 Å². The van der Waals surface area contributed by atoms with E-state index in [2.05, 4.69) is 30.6 Å². The van der Waals surface area contributed by atoms with E-state index in [1.807, 2.05) is 0 Å². The summed E-state index contributed by atoms with van der Waals surface area (Å²) in [5.41, 5.74) is -0.596. The molecule has 4 rings (SSSR count). The number of alkyl halides is 3. The molecule has 39 heavy (non-hydrogen) atoms. The fourth-order valence-corrected chi connectivity index (χ4v) is 5.82. The highest BCUT2D eigenvalue weighted by molar-refractivity contribution is 7.13. The predicted octanol–water partition coefficient (Wildman–Crippen LogP) is 3.85. The monoisotopic (exact) mass is 568 g/mol. The molecule has 2 aromatic rings. The van der Waals surface area contributed by atoms with Gasteiger partial charge in [0.05, 0.1) is 12.3 Å². The average molecular weight is 569 g/mol. The number of nitrogens with zero attached hydrogens (tertiary/aromatic N) is 4. The summed E-state index contributed by atoms with van der Waals surface area (Å²) < 4.78 is 43.5. The summed E-state index contributed by atoms with van der Waals surface area (Å²) in [6.07, 6.45) is 0.199. The standard InChI is InChI=1S/C26H35F3N6O3S/c1-38-18-35-10-6-21(7-11-35)32-23(36)24-31-15-22(39-24)14-30-17-25(33-37)8-12-34(13-9-25)16-19-2-4-20(5-3-19)26(27,28)29/h2-5,15,21,30H,6-14,16-18H2,1H3,(H,32,36). The molecule has 13 heteroatoms. The first-order chi connectivity index (χ1) is 18.7. The molecule has 2 aliphatic heterocycles. The van der Waals surface area contributed by atoms with Crippen molar-refractivity contribution in [3.8, 4) is 0 Å². The number of carbonyl (C=O) groups excluding carboxylic acids is 1. The van der Waals surface area contributed by atoms with Crippen LogP contribution in [0.25, 0.3) is 0 Å². The van der Waals surface area contributed by atoms with Crippen molar-refractivity contribution >= 4 is 17.2 Å². The van der Waals surface area contributed by atoms with Crippen molar-refractivity contribution in [2.24, 2.45) is 5.18 Å². The third kappa shape index (κ3) is 8.27. The summed E-state index contributed by atoms with van der Waals surface area (Å²) in [6, 6.07) is 5.32. The molecule has 9 nitrogen and oxygen atoms in total. The molecule has 0 radical (unpaired) electrons. The minimum Gasteiger partial charge on any atom is -0.369 e. The zero-order valence-electron chi connectivity index (χ0n) is 22.0. The van der Waals surface area contributed by atoms with Crippen molar-refractivity contribution in [1.29, 1.82) is 0 Å². The van der Waals surface area contributed by atoms with Gasteiger partial charge in [-0.25, -0.2) is 4.98 Å². The van der Waals surface area contributed by atoms with Gasteiger partial charge in [-0.1, -0.05) is 17.3 Å². The first-order valence-corrected chi connectivity index (χ1v) is 13.9. The van der Waals surface area contributed by atoms with Crippen LogP contribution in [0.5, 0.6) is 0 Å². The van der Waals surface area contributed by atoms with Crippen molar-refractivity contribution in [3.63, 3.8) is 0 Å². The van der Waals surface area contributed by atoms with Gasteiger partial charge in [0.25, 0.3) is 5.91 Å². The van der Waals surface area contributed by atoms with Crippen LogP contribution in [-0.4, -0.2) is 78.8 Å². The molecule has 2 saturated heterocycles. The third-order valence-electron chi connectivity index (χ3n) is 7.40. The number of ether oxygens (including phenoxy) is 1. The van der Waals surface area contributed by atoms with Crippen molar-refractivity contribution in [2.75, 3.05) is 46.6 Å². The predicted molar refractivity (Wildman–Crippen MR) is 142 cm³/mol. The van der Waals surface area contributed by atoms with Gasteiger partial charge in [0, 0.05) is 70.0 Å². The number of benzene rings is 1. The van der Waals surface area contributed by atoms with Crippen LogP contribution >= 0.6 is 11.3 Å². The number of methoxy groups -OCH3 is 1. The number of aromatic nitrogens is 1. The van der Waals surface area contributed by atoms with Crippen molar-refractivity contribution in [1.82, 2.24) is 25.4 Å². The topological polar surface area (TPSA) is 99.2 Å². The van der Waals surface area contributed by atoms with Gasteiger partial charge in [-0.15, -0.1) is 11.3 Å². The van der Waals surface area contributed by atoms with Crippen molar-refractivity contribution in [3.05, 3.63) is 56.4 Å². The van der Waals surface area contributed by atoms with Crippen molar-refractivity contribution in [2.45, 2.75) is 56.5 Å². The Kier molecular flexibility index (Phi) is 10.0. The van der Waals surface area contributed by atoms with E-state index in [0.717, 1.165) is 48.5 Å². The fraction of sp³-hybridized carbons (Fsp3) is 0.615. The Labute approximate surface area is 230 Å². The Bertz CT molecular complexity index is 1080. The summed E-state index contributed by atoms with van der Waals surface area (Å²) in [6.45, 7) is 5.03. The Morgan fingerprint density at radius 2 is 1.85 bits per heavy atom. The number of piperidine rings is 2. The maximum absolute atomic E-state index is 12.8. The van der Waals surface area contributed by atoms with Gasteiger partial charge in [-0.2, -0.15) is 18.1 Å². The molecule has 2 aliphatic rings. The van der Waals surface area contributed by atoms with E-state index in [-0.39, 0.29) is 11.9 Å². The minimum absolute atomic E-state index is 0.125. The highest BCUT2D eigenvalue weighted by atomic mass is 32.1. The highest BCUT2D eigenvalue weighted by Crippen LogP contribution is 2.30. The Balaban J connectivity index is 1.19. The van der Waals surface area contributed by atoms with Crippen LogP contribution in [0.3, 0.4) is 0 Å². The van der Waals surface area contributed by atoms with Crippen LogP contribution in [0.1, 0.15) is 51.5 Å². The second kappa shape index (κ2) is 13.3. The van der Waals surface area contributed by atoms with Crippen molar-refractivity contribution < 1.29 is 22.7 Å². The zero-order valence-corrected chi connectivity index (χ0v) is 22.8. The largest absolute Gasteiger partial charge is 0.416 e. The molecule has 0 atom stereocenters. The molecular weight excluding hydrogens is 533 g/mol. The van der Waals surface area contributed by atoms with E-state index in [9.17, 15) is 22.9 Å². The number of amides is 1. The maximum atomic E-state index is 12.8. The summed E-state index contributed by atoms with van der Waals surface area (Å²) in [7, 11) is 1.68. The van der Waals surface area contributed by atoms with Gasteiger partial charge < -0.3 is 15.4 Å². The highest BCUT2D eigenvalue weighted by Gasteiger charge is 2.36. The smallest absolute Gasteiger partial charge is 0.369 e. The van der Waals surface area contributed by atoms with Crippen LogP contribution in [0, 0.1) is 4.91 Å². The Hall–Kier alpha value is -2.45. The first-order valence-electron chi connectivity index (χ1n) is 13.1. The number of rotatable bonds is 11. The molecule has 2 fully saturated rings. The average Bonchev–Trinajstić information content (AvgIpc) is 3.40. The molecule has 3 heterocycles. The van der Waals surface area contributed by atoms with Gasteiger partial charge in [0.1, 0.15) is 5.54 Å². The van der Waals surface area contributed by atoms with Crippen LogP contribution in [0.2, 0.25) is 0 Å². The lowest BCUT2D eigenvalue weighted by molar-refractivity contribution is -0.137. The van der Waals surface area contributed by atoms with E-state index >= 15 is 0 Å². The number of hydrogen-bond donors (Lipinski definition) is 2. The molecule has 0 spiro atoms. The number of thiazole rings is 1. The second-order valence-electron chi connectivity index (χ2n) is 10.3. The molecule has 2 N–H and O–H groups in total. The maximum Gasteiger partial charge on any atom is 0.416 e. The molecule has 0 unspecified atom stereocenters. The molecule has 1 aromatic carbocycles. The molecule has 1 aromatic heterocycles. The number of hydrogen-bond acceptors (Lipinski definition) is 9. The van der Waals surface area contributed by atoms with E-state index in [1.165, 1.54) is 23.5 Å². The number of nitrogens with one attached hydrogen (secondary N) is 2. The third-order valence-corrected chi connectivity index (χ3v) is 8.40. The van der Waals surface area contributed by atoms with E-state index < -0.39 is 17.3 Å². The lowest BCUT2D eigenvalue weighted by atomic mass is 9.88. The second-order valence-corrected chi connectivity index (χ2v) is 11.4. The summed E-state index contributed by atoms with van der Waals surface area (Å²) in [5, 5.41) is 10.3. The Morgan fingerprint density at radius 3 is 2.46 bits per heavy atom. The number of likely N-dealkylation sites (tertiary alicyclic amines) is 2. The Morgan fingerprint density at radius 1 is 1.15 bits per heavy atom. The van der Waals surface area contributed by atoms with Gasteiger partial charge in [0.15, 0.2) is 5.01 Å². The normalized spacial score (nSPS) is 19.2. The SMILES string of the molecule is COCN1CCC(NC(=O)c2ncc(CNCC3(N=O)CCN(Cc4ccc(C(F)(F)F)cc4)CC3)s2)CC1. The zero-order chi connectivity index (χ0) is 27.9. The van der Waals surface area contributed by atoms with Gasteiger partial charge in [-0.05, 0) is 43.4 Å². The molecular formula is C26H35F3N6O3S. The quantitative estimate of drug-likeness (QED) is 0.398. The number of halogens is 3. The minimum atomic E-state index is -4.35. The number of carbonyl (C=O) groups is 1. The van der Waals surface area contributed by atoms with Gasteiger partial charge >= 0.3 is 6.18 Å².